The van der Waals surface area contributed by atoms with E-state index in [9.17, 15) is 19.3 Å². The zero-order valence-corrected chi connectivity index (χ0v) is 35.3. The van der Waals surface area contributed by atoms with E-state index < -0.39 is 38.6 Å². The van der Waals surface area contributed by atoms with Crippen molar-refractivity contribution in [2.75, 3.05) is 13.2 Å². The van der Waals surface area contributed by atoms with Crippen LogP contribution in [0.1, 0.15) is 174 Å². The van der Waals surface area contributed by atoms with Gasteiger partial charge in [0, 0.05) is 12.8 Å². The van der Waals surface area contributed by atoms with Gasteiger partial charge in [-0.3, -0.25) is 14.1 Å². The molecule has 3 N–H and O–H groups in total. The van der Waals surface area contributed by atoms with Gasteiger partial charge in [0.2, 0.25) is 0 Å². The van der Waals surface area contributed by atoms with Crippen LogP contribution in [0.4, 0.5) is 0 Å². The van der Waals surface area contributed by atoms with Gasteiger partial charge in [0.15, 0.2) is 6.10 Å². The lowest BCUT2D eigenvalue weighted by Crippen LogP contribution is -2.29. The molecule has 0 aliphatic heterocycles. The van der Waals surface area contributed by atoms with Crippen molar-refractivity contribution < 1.29 is 43.0 Å². The molecular formula is C45H77O9P. The summed E-state index contributed by atoms with van der Waals surface area (Å²) in [6.07, 6.45) is 47.9. The highest BCUT2D eigenvalue weighted by molar-refractivity contribution is 7.46. The minimum atomic E-state index is -4.80. The molecule has 0 aliphatic rings. The van der Waals surface area contributed by atoms with Crippen LogP contribution in [0.25, 0.3) is 0 Å². The second-order valence-corrected chi connectivity index (χ2v) is 15.4. The number of rotatable bonds is 38. The summed E-state index contributed by atoms with van der Waals surface area (Å²) >= 11 is 0. The first kappa shape index (κ1) is 52.5. The van der Waals surface area contributed by atoms with E-state index in [-0.39, 0.29) is 19.4 Å². The third-order valence-electron chi connectivity index (χ3n) is 8.80. The molecule has 0 radical (unpaired) electrons. The number of aliphatic hydroxyl groups is 1. The topological polar surface area (TPSA) is 140 Å². The summed E-state index contributed by atoms with van der Waals surface area (Å²) in [5.41, 5.74) is 0. The number of phosphoric acid groups is 1. The Hall–Kier alpha value is -2.55. The summed E-state index contributed by atoms with van der Waals surface area (Å²) in [7, 11) is -4.80. The Kier molecular flexibility index (Phi) is 37.8. The highest BCUT2D eigenvalue weighted by Gasteiger charge is 2.23. The molecule has 0 heterocycles. The van der Waals surface area contributed by atoms with Crippen LogP contribution >= 0.6 is 7.82 Å². The Morgan fingerprint density at radius 3 is 1.58 bits per heavy atom. The normalized spacial score (nSPS) is 13.8. The number of hydrogen-bond acceptors (Lipinski definition) is 7. The second-order valence-electron chi connectivity index (χ2n) is 14.2. The third-order valence-corrected chi connectivity index (χ3v) is 9.29. The summed E-state index contributed by atoms with van der Waals surface area (Å²) < 4.78 is 26.3. The zero-order chi connectivity index (χ0) is 40.5. The van der Waals surface area contributed by atoms with E-state index in [0.29, 0.717) is 19.3 Å². The van der Waals surface area contributed by atoms with Crippen LogP contribution in [0, 0.1) is 0 Å². The first-order chi connectivity index (χ1) is 26.7. The molecule has 0 saturated heterocycles. The molecule has 10 heteroatoms. The number of allylic oxidation sites excluding steroid dienone is 11. The average molecular weight is 793 g/mol. The molecule has 0 fully saturated rings. The monoisotopic (exact) mass is 793 g/mol. The number of hydrogen-bond donors (Lipinski definition) is 3. The molecule has 0 unspecified atom stereocenters. The van der Waals surface area contributed by atoms with Crippen LogP contribution in [-0.2, 0) is 28.2 Å². The van der Waals surface area contributed by atoms with Gasteiger partial charge < -0.3 is 24.4 Å². The van der Waals surface area contributed by atoms with Crippen molar-refractivity contribution in [3.8, 4) is 0 Å². The fourth-order valence-electron chi connectivity index (χ4n) is 5.56. The van der Waals surface area contributed by atoms with Crippen molar-refractivity contribution in [2.45, 2.75) is 187 Å². The predicted molar refractivity (Wildman–Crippen MR) is 226 cm³/mol. The number of phosphoric ester groups is 1. The minimum Gasteiger partial charge on any atom is -0.462 e. The van der Waals surface area contributed by atoms with Gasteiger partial charge in [-0.05, 0) is 77.0 Å². The van der Waals surface area contributed by atoms with Crippen molar-refractivity contribution >= 4 is 19.8 Å². The van der Waals surface area contributed by atoms with Crippen molar-refractivity contribution in [1.29, 1.82) is 0 Å². The maximum Gasteiger partial charge on any atom is 0.469 e. The fourth-order valence-corrected chi connectivity index (χ4v) is 5.92. The third kappa shape index (κ3) is 42.4. The average Bonchev–Trinajstić information content (AvgIpc) is 3.15. The molecule has 0 aromatic rings. The summed E-state index contributed by atoms with van der Waals surface area (Å²) in [6, 6.07) is 0. The molecule has 0 rings (SSSR count). The van der Waals surface area contributed by atoms with Crippen molar-refractivity contribution in [2.24, 2.45) is 0 Å². The van der Waals surface area contributed by atoms with E-state index in [2.05, 4.69) is 67.0 Å². The number of esters is 2. The maximum atomic E-state index is 12.4. The Morgan fingerprint density at radius 1 is 0.564 bits per heavy atom. The molecule has 2 atom stereocenters. The highest BCUT2D eigenvalue weighted by Crippen LogP contribution is 2.36. The van der Waals surface area contributed by atoms with Gasteiger partial charge in [-0.1, -0.05) is 157 Å². The Balaban J connectivity index is 4.11. The number of aliphatic hydroxyl groups excluding tert-OH is 1. The summed E-state index contributed by atoms with van der Waals surface area (Å²) in [4.78, 5) is 42.9. The molecule has 316 valence electrons. The van der Waals surface area contributed by atoms with E-state index in [1.165, 1.54) is 77.0 Å². The molecule has 0 aliphatic carbocycles. The molecule has 0 amide bonds. The standard InChI is InChI=1S/C45H77O9P/c1-3-5-7-9-11-13-15-17-18-19-20-21-22-24-26-28-30-32-34-38-45(48)54-43(41-53-55(49,50)51)40-52-44(47)39-35-37-42(46)36-33-31-29-27-25-23-16-14-12-10-8-6-4-2/h11-14,17-18,23,25,29,31,33,36,42-43,46H,3-10,15-16,19-22,24,26-28,30,32,34-35,37-41H2,1-2H3,(H2,49,50,51)/b13-11-,14-12-,18-17-,25-23-,31-29-,36-33+/t42-,43-/m1/s1. The molecule has 55 heavy (non-hydrogen) atoms. The SMILES string of the molecule is CCCCC/C=C\C/C=C\C/C=C\C=C\[C@@H](O)CCCC(=O)OC[C@H](COP(=O)(O)O)OC(=O)CCCCCCCCCCC/C=C\C/C=C\CCCCC. The van der Waals surface area contributed by atoms with Gasteiger partial charge in [0.25, 0.3) is 0 Å². The van der Waals surface area contributed by atoms with Crippen molar-refractivity contribution in [3.63, 3.8) is 0 Å². The number of carbonyl (C=O) groups excluding carboxylic acids is 2. The van der Waals surface area contributed by atoms with Crippen molar-refractivity contribution in [1.82, 2.24) is 0 Å². The van der Waals surface area contributed by atoms with Gasteiger partial charge in [-0.25, -0.2) is 4.57 Å². The lowest BCUT2D eigenvalue weighted by Gasteiger charge is -2.18. The lowest BCUT2D eigenvalue weighted by molar-refractivity contribution is -0.161. The Morgan fingerprint density at radius 2 is 1.04 bits per heavy atom. The number of carbonyl (C=O) groups is 2. The molecule has 0 bridgehead atoms. The van der Waals surface area contributed by atoms with Crippen LogP contribution < -0.4 is 0 Å². The molecule has 9 nitrogen and oxygen atoms in total. The van der Waals surface area contributed by atoms with Gasteiger partial charge in [0.1, 0.15) is 6.61 Å². The number of ether oxygens (including phenoxy) is 2. The van der Waals surface area contributed by atoms with Crippen molar-refractivity contribution in [3.05, 3.63) is 72.9 Å². The van der Waals surface area contributed by atoms with Gasteiger partial charge >= 0.3 is 19.8 Å². The predicted octanol–water partition coefficient (Wildman–Crippen LogP) is 12.0. The first-order valence-corrected chi connectivity index (χ1v) is 22.9. The van der Waals surface area contributed by atoms with E-state index in [1.54, 1.807) is 12.2 Å². The number of unbranched alkanes of at least 4 members (excludes halogenated alkanes) is 15. The van der Waals surface area contributed by atoms with Gasteiger partial charge in [0.05, 0.1) is 12.7 Å². The molecule has 0 aromatic heterocycles. The smallest absolute Gasteiger partial charge is 0.462 e. The van der Waals surface area contributed by atoms with E-state index >= 15 is 0 Å². The van der Waals surface area contributed by atoms with Crippen LogP contribution in [-0.4, -0.2) is 52.3 Å². The van der Waals surface area contributed by atoms with E-state index in [1.807, 2.05) is 12.2 Å². The largest absolute Gasteiger partial charge is 0.469 e. The summed E-state index contributed by atoms with van der Waals surface area (Å²) in [6.45, 7) is 3.46. The fraction of sp³-hybridized carbons (Fsp3) is 0.689. The van der Waals surface area contributed by atoms with Crippen LogP contribution in [0.5, 0.6) is 0 Å². The quantitative estimate of drug-likeness (QED) is 0.0183. The molecule has 0 spiro atoms. The molecular weight excluding hydrogens is 715 g/mol. The zero-order valence-electron chi connectivity index (χ0n) is 34.4. The first-order valence-electron chi connectivity index (χ1n) is 21.3. The van der Waals surface area contributed by atoms with Crippen LogP contribution in [0.3, 0.4) is 0 Å². The van der Waals surface area contributed by atoms with Crippen LogP contribution in [0.2, 0.25) is 0 Å². The maximum absolute atomic E-state index is 12.4. The van der Waals surface area contributed by atoms with E-state index in [0.717, 1.165) is 51.4 Å². The molecule has 0 saturated carbocycles. The highest BCUT2D eigenvalue weighted by atomic mass is 31.2. The Labute approximate surface area is 334 Å². The molecule has 0 aromatic carbocycles. The Bertz CT molecular complexity index is 1140. The van der Waals surface area contributed by atoms with Gasteiger partial charge in [-0.15, -0.1) is 0 Å². The van der Waals surface area contributed by atoms with Crippen LogP contribution in [0.15, 0.2) is 72.9 Å². The minimum absolute atomic E-state index is 0.0350. The van der Waals surface area contributed by atoms with Gasteiger partial charge in [-0.2, -0.15) is 0 Å². The lowest BCUT2D eigenvalue weighted by atomic mass is 10.1. The second kappa shape index (κ2) is 39.7. The van der Waals surface area contributed by atoms with E-state index in [4.69, 9.17) is 19.3 Å². The summed E-state index contributed by atoms with van der Waals surface area (Å²) in [5, 5.41) is 10.2. The summed E-state index contributed by atoms with van der Waals surface area (Å²) in [5.74, 6) is -1.10.